The summed E-state index contributed by atoms with van der Waals surface area (Å²) in [4.78, 5) is 41.1. The number of esters is 1. The van der Waals surface area contributed by atoms with Crippen molar-refractivity contribution in [3.63, 3.8) is 0 Å². The van der Waals surface area contributed by atoms with Crippen molar-refractivity contribution in [1.82, 2.24) is 9.97 Å². The van der Waals surface area contributed by atoms with Crippen LogP contribution in [0.4, 0.5) is 5.69 Å². The van der Waals surface area contributed by atoms with Gasteiger partial charge in [-0.25, -0.2) is 9.59 Å². The molecule has 0 aliphatic heterocycles. The summed E-state index contributed by atoms with van der Waals surface area (Å²) in [6.07, 6.45) is -1.07. The third-order valence-electron chi connectivity index (χ3n) is 3.82. The van der Waals surface area contributed by atoms with Crippen LogP contribution < -0.4 is 15.7 Å². The van der Waals surface area contributed by atoms with Crippen LogP contribution in [-0.4, -0.2) is 35.1 Å². The van der Waals surface area contributed by atoms with Crippen molar-refractivity contribution in [1.29, 1.82) is 0 Å². The molecule has 0 aliphatic carbocycles. The molecule has 8 nitrogen and oxygen atoms in total. The Morgan fingerprint density at radius 3 is 2.59 bits per heavy atom. The zero-order chi connectivity index (χ0) is 19.6. The summed E-state index contributed by atoms with van der Waals surface area (Å²) in [6, 6.07) is 9.39. The van der Waals surface area contributed by atoms with Crippen molar-refractivity contribution in [2.75, 3.05) is 12.4 Å². The van der Waals surface area contributed by atoms with Gasteiger partial charge in [-0.2, -0.15) is 0 Å². The van der Waals surface area contributed by atoms with Crippen molar-refractivity contribution in [3.05, 3.63) is 57.5 Å². The molecule has 1 amide bonds. The highest BCUT2D eigenvalue weighted by Gasteiger charge is 2.22. The van der Waals surface area contributed by atoms with Crippen LogP contribution in [0.25, 0.3) is 11.0 Å². The number of hydrogen-bond acceptors (Lipinski definition) is 5. The SMILES string of the molecule is COc1ccc(Cl)cc1C(=O)O[C@H](C)C(=O)Nc1ccc2[nH]c(=O)[nH]c2c1. The van der Waals surface area contributed by atoms with Crippen LogP contribution >= 0.6 is 11.6 Å². The van der Waals surface area contributed by atoms with Gasteiger partial charge in [-0.3, -0.25) is 4.79 Å². The third kappa shape index (κ3) is 4.12. The fraction of sp³-hybridized carbons (Fsp3) is 0.167. The van der Waals surface area contributed by atoms with Crippen LogP contribution in [0.3, 0.4) is 0 Å². The van der Waals surface area contributed by atoms with E-state index in [1.54, 1.807) is 24.3 Å². The van der Waals surface area contributed by atoms with E-state index in [1.807, 2.05) is 0 Å². The number of carbonyl (C=O) groups excluding carboxylic acids is 2. The van der Waals surface area contributed by atoms with Gasteiger partial charge in [0.15, 0.2) is 6.10 Å². The standard InChI is InChI=1S/C18H16ClN3O5/c1-9(27-17(24)12-7-10(19)3-6-15(12)26-2)16(23)20-11-4-5-13-14(8-11)22-18(25)21-13/h3-9H,1-2H3,(H,20,23)(H2,21,22,25)/t9-/m1/s1. The van der Waals surface area contributed by atoms with Crippen molar-refractivity contribution in [2.24, 2.45) is 0 Å². The van der Waals surface area contributed by atoms with Crippen LogP contribution in [0.15, 0.2) is 41.2 Å². The predicted molar refractivity (Wildman–Crippen MR) is 100 cm³/mol. The molecular formula is C18H16ClN3O5. The molecule has 3 aromatic rings. The Labute approximate surface area is 158 Å². The molecule has 9 heteroatoms. The smallest absolute Gasteiger partial charge is 0.342 e. The fourth-order valence-electron chi connectivity index (χ4n) is 2.47. The lowest BCUT2D eigenvalue weighted by atomic mass is 10.2. The second-order valence-electron chi connectivity index (χ2n) is 5.72. The highest BCUT2D eigenvalue weighted by molar-refractivity contribution is 6.31. The van der Waals surface area contributed by atoms with Crippen molar-refractivity contribution < 1.29 is 19.1 Å². The molecule has 140 valence electrons. The number of H-pyrrole nitrogens is 2. The van der Waals surface area contributed by atoms with Crippen LogP contribution in [0, 0.1) is 0 Å². The first-order chi connectivity index (χ1) is 12.9. The highest BCUT2D eigenvalue weighted by Crippen LogP contribution is 2.24. The molecule has 0 radical (unpaired) electrons. The molecule has 1 atom stereocenters. The van der Waals surface area contributed by atoms with Gasteiger partial charge >= 0.3 is 11.7 Å². The maximum Gasteiger partial charge on any atom is 0.342 e. The number of halogens is 1. The summed E-state index contributed by atoms with van der Waals surface area (Å²) in [5.41, 5.74) is 1.39. The lowest BCUT2D eigenvalue weighted by molar-refractivity contribution is -0.123. The van der Waals surface area contributed by atoms with E-state index < -0.39 is 18.0 Å². The molecule has 2 aromatic carbocycles. The number of benzene rings is 2. The quantitative estimate of drug-likeness (QED) is 0.580. The summed E-state index contributed by atoms with van der Waals surface area (Å²) in [5, 5.41) is 2.97. The largest absolute Gasteiger partial charge is 0.496 e. The van der Waals surface area contributed by atoms with Gasteiger partial charge in [0.05, 0.1) is 18.1 Å². The number of fused-ring (bicyclic) bond motifs is 1. The molecule has 0 spiro atoms. The molecule has 0 saturated heterocycles. The third-order valence-corrected chi connectivity index (χ3v) is 4.05. The average molecular weight is 390 g/mol. The molecule has 0 aliphatic rings. The summed E-state index contributed by atoms with van der Waals surface area (Å²) in [6.45, 7) is 1.45. The highest BCUT2D eigenvalue weighted by atomic mass is 35.5. The zero-order valence-corrected chi connectivity index (χ0v) is 15.2. The number of aromatic nitrogens is 2. The van der Waals surface area contributed by atoms with E-state index in [0.717, 1.165) is 0 Å². The Balaban J connectivity index is 1.70. The predicted octanol–water partition coefficient (Wildman–Crippen LogP) is 2.70. The van der Waals surface area contributed by atoms with Gasteiger partial charge in [-0.05, 0) is 43.3 Å². The monoisotopic (exact) mass is 389 g/mol. The van der Waals surface area contributed by atoms with Gasteiger partial charge in [0.2, 0.25) is 0 Å². The van der Waals surface area contributed by atoms with E-state index in [4.69, 9.17) is 21.1 Å². The Hall–Kier alpha value is -3.26. The second-order valence-corrected chi connectivity index (χ2v) is 6.16. The molecule has 0 saturated carbocycles. The first-order valence-electron chi connectivity index (χ1n) is 7.95. The summed E-state index contributed by atoms with van der Waals surface area (Å²) in [7, 11) is 1.41. The second kappa shape index (κ2) is 7.55. The summed E-state index contributed by atoms with van der Waals surface area (Å²) >= 11 is 5.90. The number of nitrogens with one attached hydrogen (secondary N) is 3. The van der Waals surface area contributed by atoms with Gasteiger partial charge < -0.3 is 24.8 Å². The van der Waals surface area contributed by atoms with Crippen LogP contribution in [0.1, 0.15) is 17.3 Å². The minimum absolute atomic E-state index is 0.121. The fourth-order valence-corrected chi connectivity index (χ4v) is 2.64. The Morgan fingerprint density at radius 2 is 1.85 bits per heavy atom. The minimum atomic E-state index is -1.07. The van der Waals surface area contributed by atoms with Gasteiger partial charge in [-0.1, -0.05) is 11.6 Å². The van der Waals surface area contributed by atoms with E-state index in [0.29, 0.717) is 27.5 Å². The molecule has 3 rings (SSSR count). The van der Waals surface area contributed by atoms with E-state index in [2.05, 4.69) is 15.3 Å². The van der Waals surface area contributed by atoms with Crippen molar-refractivity contribution in [3.8, 4) is 5.75 Å². The van der Waals surface area contributed by atoms with Gasteiger partial charge in [0, 0.05) is 10.7 Å². The van der Waals surface area contributed by atoms with Crippen LogP contribution in [0.5, 0.6) is 5.75 Å². The molecule has 3 N–H and O–H groups in total. The number of amides is 1. The zero-order valence-electron chi connectivity index (χ0n) is 14.5. The van der Waals surface area contributed by atoms with Gasteiger partial charge in [0.25, 0.3) is 5.91 Å². The van der Waals surface area contributed by atoms with Crippen LogP contribution in [-0.2, 0) is 9.53 Å². The summed E-state index contributed by atoms with van der Waals surface area (Å²) in [5.74, 6) is -0.970. The number of methoxy groups -OCH3 is 1. The molecule has 0 unspecified atom stereocenters. The molecule has 0 bridgehead atoms. The first kappa shape index (κ1) is 18.5. The van der Waals surface area contributed by atoms with E-state index in [9.17, 15) is 14.4 Å². The number of hydrogen-bond donors (Lipinski definition) is 3. The number of aromatic amines is 2. The first-order valence-corrected chi connectivity index (χ1v) is 8.32. The summed E-state index contributed by atoms with van der Waals surface area (Å²) < 4.78 is 10.3. The van der Waals surface area contributed by atoms with Gasteiger partial charge in [0.1, 0.15) is 11.3 Å². The van der Waals surface area contributed by atoms with E-state index in [1.165, 1.54) is 26.2 Å². The Kier molecular flexibility index (Phi) is 5.18. The normalized spacial score (nSPS) is 11.8. The number of imidazole rings is 1. The van der Waals surface area contributed by atoms with Gasteiger partial charge in [-0.15, -0.1) is 0 Å². The Bertz CT molecular complexity index is 1070. The number of rotatable bonds is 5. The number of anilines is 1. The minimum Gasteiger partial charge on any atom is -0.496 e. The average Bonchev–Trinajstić information content (AvgIpc) is 3.00. The van der Waals surface area contributed by atoms with Crippen molar-refractivity contribution in [2.45, 2.75) is 13.0 Å². The van der Waals surface area contributed by atoms with Crippen molar-refractivity contribution >= 4 is 40.2 Å². The lowest BCUT2D eigenvalue weighted by Crippen LogP contribution is -2.30. The molecule has 0 fully saturated rings. The number of ether oxygens (including phenoxy) is 2. The van der Waals surface area contributed by atoms with Crippen LogP contribution in [0.2, 0.25) is 5.02 Å². The molecular weight excluding hydrogens is 374 g/mol. The molecule has 1 heterocycles. The Morgan fingerprint density at radius 1 is 1.11 bits per heavy atom. The maximum absolute atomic E-state index is 12.3. The topological polar surface area (TPSA) is 113 Å². The van der Waals surface area contributed by atoms with E-state index >= 15 is 0 Å². The molecule has 1 aromatic heterocycles. The maximum atomic E-state index is 12.3. The molecule has 27 heavy (non-hydrogen) atoms. The lowest BCUT2D eigenvalue weighted by Gasteiger charge is -2.15. The number of carbonyl (C=O) groups is 2. The van der Waals surface area contributed by atoms with E-state index in [-0.39, 0.29) is 11.3 Å².